The zero-order valence-corrected chi connectivity index (χ0v) is 22.0. The van der Waals surface area contributed by atoms with E-state index < -0.39 is 11.9 Å². The average molecular weight is 513 g/mol. The third-order valence-corrected chi connectivity index (χ3v) is 7.60. The van der Waals surface area contributed by atoms with Crippen molar-refractivity contribution in [3.63, 3.8) is 0 Å². The Balaban J connectivity index is 1.58. The van der Waals surface area contributed by atoms with E-state index in [2.05, 4.69) is 22.9 Å². The molecule has 3 heterocycles. The SMILES string of the molecule is CCCCN(CCCN)C(=O)CN1C[C@H](c2ccc3c(c2)CCO3)C(C(=O)O)[C@@H]1CCc1ncc(C)o1. The van der Waals surface area contributed by atoms with Gasteiger partial charge in [0.15, 0.2) is 5.89 Å². The summed E-state index contributed by atoms with van der Waals surface area (Å²) >= 11 is 0. The second-order valence-electron chi connectivity index (χ2n) is 10.2. The quantitative estimate of drug-likeness (QED) is 0.420. The number of benzene rings is 1. The fraction of sp³-hybridized carbons (Fsp3) is 0.607. The predicted octanol–water partition coefficient (Wildman–Crippen LogP) is 3.00. The van der Waals surface area contributed by atoms with E-state index in [1.807, 2.05) is 24.0 Å². The summed E-state index contributed by atoms with van der Waals surface area (Å²) in [5, 5.41) is 10.4. The molecule has 3 atom stereocenters. The molecule has 0 bridgehead atoms. The van der Waals surface area contributed by atoms with Crippen LogP contribution in [0, 0.1) is 12.8 Å². The molecule has 1 aromatic heterocycles. The Hall–Kier alpha value is -2.91. The molecule has 1 saturated heterocycles. The summed E-state index contributed by atoms with van der Waals surface area (Å²) in [6, 6.07) is 5.72. The van der Waals surface area contributed by atoms with E-state index >= 15 is 0 Å². The lowest BCUT2D eigenvalue weighted by Gasteiger charge is -2.29. The van der Waals surface area contributed by atoms with Gasteiger partial charge in [0.05, 0.1) is 25.3 Å². The van der Waals surface area contributed by atoms with E-state index in [1.54, 1.807) is 6.20 Å². The summed E-state index contributed by atoms with van der Waals surface area (Å²) in [7, 11) is 0. The lowest BCUT2D eigenvalue weighted by molar-refractivity contribution is -0.143. The van der Waals surface area contributed by atoms with Gasteiger partial charge in [-0.1, -0.05) is 25.5 Å². The second-order valence-corrected chi connectivity index (χ2v) is 10.2. The number of carbonyl (C=O) groups excluding carboxylic acids is 1. The van der Waals surface area contributed by atoms with E-state index in [-0.39, 0.29) is 24.4 Å². The number of carbonyl (C=O) groups is 2. The number of unbranched alkanes of at least 4 members (excludes halogenated alkanes) is 1. The molecule has 9 nitrogen and oxygen atoms in total. The Morgan fingerprint density at radius 2 is 2.08 bits per heavy atom. The van der Waals surface area contributed by atoms with Crippen molar-refractivity contribution in [2.45, 2.75) is 64.3 Å². The Bertz CT molecular complexity index is 1060. The molecule has 1 amide bonds. The first-order valence-electron chi connectivity index (χ1n) is 13.5. The maximum Gasteiger partial charge on any atom is 0.308 e. The van der Waals surface area contributed by atoms with Gasteiger partial charge in [-0.05, 0) is 49.9 Å². The van der Waals surface area contributed by atoms with Crippen LogP contribution < -0.4 is 10.5 Å². The van der Waals surface area contributed by atoms with E-state index in [0.717, 1.165) is 48.3 Å². The molecule has 37 heavy (non-hydrogen) atoms. The summed E-state index contributed by atoms with van der Waals surface area (Å²) in [5.74, 6) is 0.537. The van der Waals surface area contributed by atoms with Crippen LogP contribution in [-0.4, -0.2) is 77.1 Å². The van der Waals surface area contributed by atoms with Gasteiger partial charge < -0.3 is 24.9 Å². The smallest absolute Gasteiger partial charge is 0.308 e. The minimum Gasteiger partial charge on any atom is -0.493 e. The summed E-state index contributed by atoms with van der Waals surface area (Å²) in [4.78, 5) is 34.4. The average Bonchev–Trinajstić information content (AvgIpc) is 3.60. The molecule has 2 aromatic rings. The maximum absolute atomic E-state index is 13.5. The summed E-state index contributed by atoms with van der Waals surface area (Å²) < 4.78 is 11.3. The van der Waals surface area contributed by atoms with Crippen LogP contribution >= 0.6 is 0 Å². The Morgan fingerprint density at radius 3 is 2.78 bits per heavy atom. The normalized spacial score (nSPS) is 21.1. The largest absolute Gasteiger partial charge is 0.493 e. The molecule has 0 radical (unpaired) electrons. The van der Waals surface area contributed by atoms with Gasteiger partial charge in [-0.2, -0.15) is 0 Å². The zero-order chi connectivity index (χ0) is 26.4. The number of aryl methyl sites for hydroxylation is 2. The third-order valence-electron chi connectivity index (χ3n) is 7.60. The van der Waals surface area contributed by atoms with Crippen molar-refractivity contribution in [3.05, 3.63) is 47.2 Å². The molecule has 0 aliphatic carbocycles. The van der Waals surface area contributed by atoms with Crippen molar-refractivity contribution in [3.8, 4) is 5.75 Å². The highest BCUT2D eigenvalue weighted by Gasteiger charge is 2.47. The first-order chi connectivity index (χ1) is 17.9. The Labute approximate surface area is 219 Å². The highest BCUT2D eigenvalue weighted by atomic mass is 16.5. The van der Waals surface area contributed by atoms with Crippen LogP contribution in [0.5, 0.6) is 5.75 Å². The monoisotopic (exact) mass is 512 g/mol. The number of rotatable bonds is 13. The Morgan fingerprint density at radius 1 is 1.27 bits per heavy atom. The molecular formula is C28H40N4O5. The highest BCUT2D eigenvalue weighted by molar-refractivity contribution is 5.79. The number of aromatic nitrogens is 1. The first kappa shape index (κ1) is 27.1. The van der Waals surface area contributed by atoms with Crippen molar-refractivity contribution in [2.24, 2.45) is 11.7 Å². The number of aliphatic carboxylic acids is 1. The number of hydrogen-bond acceptors (Lipinski definition) is 7. The number of ether oxygens (including phenoxy) is 1. The standard InChI is InChI=1S/C28H40N4O5/c1-3-4-12-31(13-5-11-29)26(33)18-32-17-22(20-6-8-24-21(15-20)10-14-36-24)27(28(34)35)23(32)7-9-25-30-16-19(2)37-25/h6,8,15-16,22-23,27H,3-5,7,9-14,17-18,29H2,1-2H3,(H,34,35)/t22-,23+,27?/m1/s1. The molecule has 1 unspecified atom stereocenters. The topological polar surface area (TPSA) is 122 Å². The second kappa shape index (κ2) is 12.6. The van der Waals surface area contributed by atoms with Crippen LogP contribution in [0.4, 0.5) is 0 Å². The zero-order valence-electron chi connectivity index (χ0n) is 22.0. The van der Waals surface area contributed by atoms with E-state index in [0.29, 0.717) is 51.5 Å². The number of likely N-dealkylation sites (tertiary alicyclic amines) is 1. The van der Waals surface area contributed by atoms with Crippen LogP contribution in [0.15, 0.2) is 28.8 Å². The molecule has 9 heteroatoms. The molecule has 4 rings (SSSR count). The number of amides is 1. The molecule has 2 aliphatic rings. The first-order valence-corrected chi connectivity index (χ1v) is 13.5. The molecule has 0 saturated carbocycles. The van der Waals surface area contributed by atoms with Gasteiger partial charge in [0, 0.05) is 44.4 Å². The van der Waals surface area contributed by atoms with Crippen molar-refractivity contribution >= 4 is 11.9 Å². The van der Waals surface area contributed by atoms with E-state index in [4.69, 9.17) is 14.9 Å². The molecule has 1 fully saturated rings. The van der Waals surface area contributed by atoms with Gasteiger partial charge >= 0.3 is 5.97 Å². The van der Waals surface area contributed by atoms with Gasteiger partial charge in [-0.3, -0.25) is 14.5 Å². The Kier molecular flexibility index (Phi) is 9.21. The number of nitrogens with zero attached hydrogens (tertiary/aromatic N) is 3. The number of fused-ring (bicyclic) bond motifs is 1. The summed E-state index contributed by atoms with van der Waals surface area (Å²) in [5.41, 5.74) is 7.84. The number of nitrogens with two attached hydrogens (primary N) is 1. The van der Waals surface area contributed by atoms with Crippen LogP contribution in [0.3, 0.4) is 0 Å². The lowest BCUT2D eigenvalue weighted by Crippen LogP contribution is -2.45. The van der Waals surface area contributed by atoms with Gasteiger partial charge in [0.1, 0.15) is 11.5 Å². The van der Waals surface area contributed by atoms with Crippen molar-refractivity contribution in [1.29, 1.82) is 0 Å². The van der Waals surface area contributed by atoms with Crippen molar-refractivity contribution in [2.75, 3.05) is 39.3 Å². The van der Waals surface area contributed by atoms with Crippen LogP contribution in [0.1, 0.15) is 61.3 Å². The molecule has 202 valence electrons. The summed E-state index contributed by atoms with van der Waals surface area (Å²) in [6.45, 7) is 7.16. The van der Waals surface area contributed by atoms with Crippen LogP contribution in [-0.2, 0) is 22.4 Å². The van der Waals surface area contributed by atoms with Gasteiger partial charge in [0.25, 0.3) is 0 Å². The summed E-state index contributed by atoms with van der Waals surface area (Å²) in [6.07, 6.45) is 6.26. The number of hydrogen-bond donors (Lipinski definition) is 2. The van der Waals surface area contributed by atoms with Crippen LogP contribution in [0.2, 0.25) is 0 Å². The third kappa shape index (κ3) is 6.51. The fourth-order valence-electron chi connectivity index (χ4n) is 5.68. The predicted molar refractivity (Wildman–Crippen MR) is 140 cm³/mol. The number of carboxylic acid groups (broad SMARTS) is 1. The minimum absolute atomic E-state index is 0.0333. The lowest BCUT2D eigenvalue weighted by atomic mass is 9.83. The van der Waals surface area contributed by atoms with Gasteiger partial charge in [-0.25, -0.2) is 4.98 Å². The molecule has 3 N–H and O–H groups in total. The van der Waals surface area contributed by atoms with Crippen molar-refractivity contribution < 1.29 is 23.8 Å². The highest BCUT2D eigenvalue weighted by Crippen LogP contribution is 2.41. The maximum atomic E-state index is 13.5. The fourth-order valence-corrected chi connectivity index (χ4v) is 5.68. The van der Waals surface area contributed by atoms with Gasteiger partial charge in [-0.15, -0.1) is 0 Å². The molecule has 2 aliphatic heterocycles. The molecular weight excluding hydrogens is 472 g/mol. The molecule has 1 aromatic carbocycles. The number of oxazole rings is 1. The minimum atomic E-state index is -0.837. The van der Waals surface area contributed by atoms with Crippen molar-refractivity contribution in [1.82, 2.24) is 14.8 Å². The number of carboxylic acids is 1. The van der Waals surface area contributed by atoms with Crippen LogP contribution in [0.25, 0.3) is 0 Å². The van der Waals surface area contributed by atoms with Gasteiger partial charge in [0.2, 0.25) is 5.91 Å². The van der Waals surface area contributed by atoms with E-state index in [1.165, 1.54) is 0 Å². The van der Waals surface area contributed by atoms with E-state index in [9.17, 15) is 14.7 Å². The molecule has 0 spiro atoms.